The summed E-state index contributed by atoms with van der Waals surface area (Å²) >= 11 is 0. The molecule has 9 nitrogen and oxygen atoms in total. The van der Waals surface area contributed by atoms with E-state index in [1.165, 1.54) is 38.5 Å². The number of unbranched alkanes of at least 4 members (excludes halogenated alkanes) is 15. The van der Waals surface area contributed by atoms with E-state index in [0.717, 1.165) is 135 Å². The van der Waals surface area contributed by atoms with Gasteiger partial charge in [0.05, 0.1) is 13.2 Å². The molecule has 0 spiro atoms. The summed E-state index contributed by atoms with van der Waals surface area (Å²) in [5.41, 5.74) is 5.37. The molecule has 0 fully saturated rings. The summed E-state index contributed by atoms with van der Waals surface area (Å²) in [5, 5.41) is 0. The summed E-state index contributed by atoms with van der Waals surface area (Å²) in [6.07, 6.45) is 83.3. The van der Waals surface area contributed by atoms with E-state index < -0.39 is 32.5 Å². The van der Waals surface area contributed by atoms with Crippen molar-refractivity contribution in [3.05, 3.63) is 146 Å². The van der Waals surface area contributed by atoms with Crippen LogP contribution in [-0.4, -0.2) is 49.3 Å². The average molecular weight is 1050 g/mol. The number of hydrogen-bond donors (Lipinski definition) is 2. The molecule has 0 heterocycles. The van der Waals surface area contributed by atoms with Crippen LogP contribution in [0.15, 0.2) is 146 Å². The number of phosphoric ester groups is 1. The number of esters is 2. The molecule has 0 amide bonds. The predicted octanol–water partition coefficient (Wildman–Crippen LogP) is 18.3. The summed E-state index contributed by atoms with van der Waals surface area (Å²) in [6.45, 7) is 3.53. The molecule has 0 aliphatic heterocycles. The zero-order valence-corrected chi connectivity index (χ0v) is 47.4. The van der Waals surface area contributed by atoms with Crippen LogP contribution in [0.2, 0.25) is 0 Å². The first-order valence-corrected chi connectivity index (χ1v) is 30.3. The number of nitrogens with two attached hydrogens (primary N) is 1. The predicted molar refractivity (Wildman–Crippen MR) is 316 cm³/mol. The fraction of sp³-hybridized carbons (Fsp3) is 0.594. The molecule has 0 aromatic heterocycles. The molecule has 0 aliphatic carbocycles. The third-order valence-electron chi connectivity index (χ3n) is 11.5. The lowest BCUT2D eigenvalue weighted by Crippen LogP contribution is -2.29. The van der Waals surface area contributed by atoms with Gasteiger partial charge < -0.3 is 20.1 Å². The SMILES string of the molecule is CC/C=C\C/C=C\C/C=C\C/C=C\C/C=C\C/C=C\C/C=C\C/C=C\C/C=C\C/C=C\CCCCCCCCCCC(=O)OC(COC(=O)CCCCCCC/C=C\C/C=C\CCCC)COP(=O)(O)OCCN. The van der Waals surface area contributed by atoms with Crippen molar-refractivity contribution in [1.29, 1.82) is 0 Å². The van der Waals surface area contributed by atoms with Gasteiger partial charge in [0.1, 0.15) is 6.61 Å². The molecule has 0 aliphatic rings. The second-order valence-electron chi connectivity index (χ2n) is 18.4. The molecule has 418 valence electrons. The van der Waals surface area contributed by atoms with Gasteiger partial charge in [-0.2, -0.15) is 0 Å². The van der Waals surface area contributed by atoms with Gasteiger partial charge in [-0.15, -0.1) is 0 Å². The Labute approximate surface area is 452 Å². The molecule has 2 atom stereocenters. The fourth-order valence-corrected chi connectivity index (χ4v) is 7.97. The maximum Gasteiger partial charge on any atom is 0.472 e. The minimum atomic E-state index is -4.40. The fourth-order valence-electron chi connectivity index (χ4n) is 7.21. The average Bonchev–Trinajstić information content (AvgIpc) is 3.39. The minimum absolute atomic E-state index is 0.0427. The Kier molecular flexibility index (Phi) is 54.9. The first-order valence-electron chi connectivity index (χ1n) is 28.8. The van der Waals surface area contributed by atoms with Crippen LogP contribution in [0, 0.1) is 0 Å². The molecule has 0 radical (unpaired) electrons. The molecule has 3 N–H and O–H groups in total. The van der Waals surface area contributed by atoms with E-state index in [0.29, 0.717) is 12.8 Å². The zero-order chi connectivity index (χ0) is 53.8. The molecule has 10 heteroatoms. The molecule has 74 heavy (non-hydrogen) atoms. The highest BCUT2D eigenvalue weighted by atomic mass is 31.2. The lowest BCUT2D eigenvalue weighted by atomic mass is 10.1. The van der Waals surface area contributed by atoms with Crippen LogP contribution >= 0.6 is 7.82 Å². The van der Waals surface area contributed by atoms with Crippen LogP contribution in [0.3, 0.4) is 0 Å². The molecule has 0 bridgehead atoms. The van der Waals surface area contributed by atoms with Crippen molar-refractivity contribution in [3.63, 3.8) is 0 Å². The van der Waals surface area contributed by atoms with Gasteiger partial charge in [0, 0.05) is 19.4 Å². The van der Waals surface area contributed by atoms with Crippen molar-refractivity contribution >= 4 is 19.8 Å². The number of carbonyl (C=O) groups is 2. The van der Waals surface area contributed by atoms with E-state index in [1.807, 2.05) is 0 Å². The second kappa shape index (κ2) is 58.2. The molecule has 0 saturated heterocycles. The number of phosphoric acid groups is 1. The first-order chi connectivity index (χ1) is 36.3. The van der Waals surface area contributed by atoms with Crippen LogP contribution in [0.4, 0.5) is 0 Å². The van der Waals surface area contributed by atoms with Gasteiger partial charge in [-0.3, -0.25) is 18.6 Å². The lowest BCUT2D eigenvalue weighted by Gasteiger charge is -2.19. The van der Waals surface area contributed by atoms with Crippen molar-refractivity contribution < 1.29 is 37.6 Å². The largest absolute Gasteiger partial charge is 0.472 e. The summed E-state index contributed by atoms with van der Waals surface area (Å²) in [6, 6.07) is 0. The Hall–Kier alpha value is -4.11. The van der Waals surface area contributed by atoms with E-state index in [-0.39, 0.29) is 32.6 Å². The molecular weight excluding hydrogens is 942 g/mol. The Morgan fingerprint density at radius 2 is 0.743 bits per heavy atom. The third kappa shape index (κ3) is 57.2. The van der Waals surface area contributed by atoms with Crippen LogP contribution in [0.5, 0.6) is 0 Å². The maximum atomic E-state index is 12.7. The molecule has 0 rings (SSSR count). The highest BCUT2D eigenvalue weighted by Crippen LogP contribution is 2.43. The summed E-state index contributed by atoms with van der Waals surface area (Å²) in [5.74, 6) is -0.865. The quantitative estimate of drug-likeness (QED) is 0.0264. The van der Waals surface area contributed by atoms with Crippen molar-refractivity contribution in [2.45, 2.75) is 219 Å². The Morgan fingerprint density at radius 1 is 0.419 bits per heavy atom. The number of hydrogen-bond acceptors (Lipinski definition) is 8. The van der Waals surface area contributed by atoms with Crippen molar-refractivity contribution in [1.82, 2.24) is 0 Å². The van der Waals surface area contributed by atoms with Crippen LogP contribution in [0.1, 0.15) is 213 Å². The van der Waals surface area contributed by atoms with Crippen LogP contribution < -0.4 is 5.73 Å². The third-order valence-corrected chi connectivity index (χ3v) is 12.4. The molecular formula is C64H104NO8P. The van der Waals surface area contributed by atoms with E-state index in [1.54, 1.807) is 0 Å². The first kappa shape index (κ1) is 69.9. The van der Waals surface area contributed by atoms with Crippen molar-refractivity contribution in [2.75, 3.05) is 26.4 Å². The lowest BCUT2D eigenvalue weighted by molar-refractivity contribution is -0.161. The summed E-state index contributed by atoms with van der Waals surface area (Å²) in [4.78, 5) is 35.1. The molecule has 0 aromatic rings. The highest BCUT2D eigenvalue weighted by molar-refractivity contribution is 7.47. The summed E-state index contributed by atoms with van der Waals surface area (Å²) < 4.78 is 32.9. The standard InChI is InChI=1S/C64H104NO8P/c1-3-5-7-9-11-13-15-17-19-20-21-22-23-24-25-26-27-28-29-30-31-32-33-34-35-36-37-38-39-40-41-42-43-45-47-49-51-53-55-57-64(67)73-62(61-72-74(68,69)71-59-58-65)60-70-63(66)56-54-52-50-48-46-44-18-16-14-12-10-8-6-4-2/h5,7,10-13,16-19,21-22,24-25,27-28,30-31,33-34,36-37,39-40,62H,3-4,6,8-9,14-15,20,23,26,29,32,35,38,41-61,65H2,1-2H3,(H,68,69)/b7-5-,12-10-,13-11-,18-16-,19-17-,22-21-,25-24-,28-27-,31-30-,34-33-,37-36-,40-39-. The number of rotatable bonds is 52. The van der Waals surface area contributed by atoms with Gasteiger partial charge in [-0.1, -0.05) is 230 Å². The molecule has 0 aromatic carbocycles. The highest BCUT2D eigenvalue weighted by Gasteiger charge is 2.26. The van der Waals surface area contributed by atoms with Gasteiger partial charge in [-0.25, -0.2) is 4.57 Å². The number of carbonyl (C=O) groups excluding carboxylic acids is 2. The second-order valence-corrected chi connectivity index (χ2v) is 19.9. The van der Waals surface area contributed by atoms with Gasteiger partial charge in [0.15, 0.2) is 6.10 Å². The Bertz CT molecular complexity index is 1710. The summed E-state index contributed by atoms with van der Waals surface area (Å²) in [7, 11) is -4.40. The van der Waals surface area contributed by atoms with E-state index in [2.05, 4.69) is 160 Å². The van der Waals surface area contributed by atoms with Gasteiger partial charge >= 0.3 is 19.8 Å². The zero-order valence-electron chi connectivity index (χ0n) is 46.5. The van der Waals surface area contributed by atoms with Crippen LogP contribution in [0.25, 0.3) is 0 Å². The van der Waals surface area contributed by atoms with Crippen LogP contribution in [-0.2, 0) is 32.7 Å². The number of allylic oxidation sites excluding steroid dienone is 24. The Morgan fingerprint density at radius 3 is 1.11 bits per heavy atom. The normalized spacial score (nSPS) is 14.2. The van der Waals surface area contributed by atoms with Gasteiger partial charge in [-0.05, 0) is 116 Å². The topological polar surface area (TPSA) is 134 Å². The molecule has 0 saturated carbocycles. The van der Waals surface area contributed by atoms with Gasteiger partial charge in [0.2, 0.25) is 0 Å². The smallest absolute Gasteiger partial charge is 0.462 e. The monoisotopic (exact) mass is 1050 g/mol. The maximum absolute atomic E-state index is 12.7. The number of ether oxygens (including phenoxy) is 2. The van der Waals surface area contributed by atoms with E-state index >= 15 is 0 Å². The molecule has 2 unspecified atom stereocenters. The minimum Gasteiger partial charge on any atom is -0.462 e. The van der Waals surface area contributed by atoms with Crippen molar-refractivity contribution in [3.8, 4) is 0 Å². The Balaban J connectivity index is 4.01. The van der Waals surface area contributed by atoms with Crippen molar-refractivity contribution in [2.24, 2.45) is 5.73 Å². The van der Waals surface area contributed by atoms with Gasteiger partial charge in [0.25, 0.3) is 0 Å². The van der Waals surface area contributed by atoms with E-state index in [4.69, 9.17) is 24.3 Å². The van der Waals surface area contributed by atoms with E-state index in [9.17, 15) is 19.0 Å².